The lowest BCUT2D eigenvalue weighted by atomic mass is 10.2. The quantitative estimate of drug-likeness (QED) is 0.492. The van der Waals surface area contributed by atoms with Crippen LogP contribution in [0.5, 0.6) is 0 Å². The summed E-state index contributed by atoms with van der Waals surface area (Å²) in [6, 6.07) is 13.5. The summed E-state index contributed by atoms with van der Waals surface area (Å²) in [5, 5.41) is 12.5. The maximum Gasteiger partial charge on any atom is 0.293 e. The number of hydrogen-bond acceptors (Lipinski definition) is 8. The molecule has 3 heterocycles. The van der Waals surface area contributed by atoms with E-state index in [1.54, 1.807) is 18.4 Å². The first-order valence-corrected chi connectivity index (χ1v) is 8.21. The molecule has 0 N–H and O–H groups in total. The highest BCUT2D eigenvalue weighted by molar-refractivity contribution is 7.98. The average Bonchev–Trinajstić information content (AvgIpc) is 3.35. The second-order valence-corrected chi connectivity index (χ2v) is 5.83. The van der Waals surface area contributed by atoms with E-state index in [-0.39, 0.29) is 0 Å². The molecule has 0 unspecified atom stereocenters. The lowest BCUT2D eigenvalue weighted by Crippen LogP contribution is -1.87. The normalized spacial score (nSPS) is 11.0. The molecule has 3 aromatic heterocycles. The molecule has 4 rings (SSSR count). The molecule has 0 aliphatic rings. The fourth-order valence-electron chi connectivity index (χ4n) is 2.08. The number of hydrogen-bond donors (Lipinski definition) is 0. The Hall–Kier alpha value is -2.87. The van der Waals surface area contributed by atoms with Crippen LogP contribution in [0.1, 0.15) is 17.3 Å². The zero-order chi connectivity index (χ0) is 16.2. The minimum Gasteiger partial charge on any atom is -0.459 e. The molecule has 0 aliphatic carbocycles. The Balaban J connectivity index is 1.36. The molecular weight excluding hydrogens is 328 g/mol. The van der Waals surface area contributed by atoms with Gasteiger partial charge in [0.2, 0.25) is 5.89 Å². The highest BCUT2D eigenvalue weighted by atomic mass is 32.2. The molecule has 0 bridgehead atoms. The molecule has 0 radical (unpaired) electrons. The van der Waals surface area contributed by atoms with Crippen LogP contribution in [0.25, 0.3) is 11.7 Å². The van der Waals surface area contributed by atoms with E-state index in [1.165, 1.54) is 11.8 Å². The Morgan fingerprint density at radius 1 is 1.00 bits per heavy atom. The van der Waals surface area contributed by atoms with Crippen LogP contribution in [0.4, 0.5) is 0 Å². The topological polar surface area (TPSA) is 91.0 Å². The first-order valence-electron chi connectivity index (χ1n) is 7.22. The van der Waals surface area contributed by atoms with Crippen molar-refractivity contribution in [3.8, 4) is 11.7 Å². The van der Waals surface area contributed by atoms with Crippen molar-refractivity contribution in [1.82, 2.24) is 20.3 Å². The van der Waals surface area contributed by atoms with Gasteiger partial charge < -0.3 is 13.4 Å². The minimum absolute atomic E-state index is 0.353. The van der Waals surface area contributed by atoms with Crippen LogP contribution in [0, 0.1) is 0 Å². The molecule has 0 saturated heterocycles. The second-order valence-electron chi connectivity index (χ2n) is 4.91. The van der Waals surface area contributed by atoms with Gasteiger partial charge in [-0.05, 0) is 17.7 Å². The molecule has 0 spiro atoms. The molecule has 0 aliphatic heterocycles. The van der Waals surface area contributed by atoms with Crippen LogP contribution in [-0.4, -0.2) is 20.3 Å². The van der Waals surface area contributed by atoms with Gasteiger partial charge in [0.15, 0.2) is 11.6 Å². The van der Waals surface area contributed by atoms with E-state index in [9.17, 15) is 0 Å². The third-order valence-electron chi connectivity index (χ3n) is 3.17. The lowest BCUT2D eigenvalue weighted by molar-refractivity contribution is 0.410. The predicted octanol–water partition coefficient (Wildman–Crippen LogP) is 3.60. The number of benzene rings is 1. The van der Waals surface area contributed by atoms with E-state index in [0.717, 1.165) is 5.56 Å². The summed E-state index contributed by atoms with van der Waals surface area (Å²) in [5.41, 5.74) is 1.12. The molecule has 7 nitrogen and oxygen atoms in total. The van der Waals surface area contributed by atoms with Gasteiger partial charge in [0.1, 0.15) is 0 Å². The van der Waals surface area contributed by atoms with E-state index < -0.39 is 0 Å². The number of furan rings is 1. The molecule has 24 heavy (non-hydrogen) atoms. The first kappa shape index (κ1) is 14.7. The van der Waals surface area contributed by atoms with E-state index in [2.05, 4.69) is 20.3 Å². The number of nitrogens with zero attached hydrogens (tertiary/aromatic N) is 4. The molecular formula is C16H12N4O3S. The Morgan fingerprint density at radius 2 is 1.92 bits per heavy atom. The number of thioether (sulfide) groups is 1. The second kappa shape index (κ2) is 6.71. The Morgan fingerprint density at radius 3 is 2.75 bits per heavy atom. The Labute approximate surface area is 141 Å². The number of aromatic nitrogens is 4. The van der Waals surface area contributed by atoms with Crippen LogP contribution in [0.2, 0.25) is 0 Å². The highest BCUT2D eigenvalue weighted by Crippen LogP contribution is 2.23. The maximum absolute atomic E-state index is 5.62. The van der Waals surface area contributed by atoms with E-state index in [4.69, 9.17) is 13.4 Å². The summed E-state index contributed by atoms with van der Waals surface area (Å²) in [4.78, 5) is 4.26. The molecule has 4 aromatic rings. The highest BCUT2D eigenvalue weighted by Gasteiger charge is 2.13. The SMILES string of the molecule is c1ccc(Cc2nnc(SCc3noc(-c4ccco4)n3)o2)cc1. The third-order valence-corrected chi connectivity index (χ3v) is 3.99. The van der Waals surface area contributed by atoms with Gasteiger partial charge in [-0.2, -0.15) is 4.98 Å². The third kappa shape index (κ3) is 3.38. The molecule has 0 fully saturated rings. The van der Waals surface area contributed by atoms with Gasteiger partial charge in [0, 0.05) is 0 Å². The number of rotatable bonds is 6. The van der Waals surface area contributed by atoms with Crippen molar-refractivity contribution in [2.75, 3.05) is 0 Å². The van der Waals surface area contributed by atoms with Crippen molar-refractivity contribution in [2.45, 2.75) is 17.4 Å². The first-order chi connectivity index (χ1) is 11.9. The lowest BCUT2D eigenvalue weighted by Gasteiger charge is -1.94. The van der Waals surface area contributed by atoms with Crippen LogP contribution < -0.4 is 0 Å². The summed E-state index contributed by atoms with van der Waals surface area (Å²) in [6.07, 6.45) is 2.17. The van der Waals surface area contributed by atoms with Crippen molar-refractivity contribution in [3.63, 3.8) is 0 Å². The van der Waals surface area contributed by atoms with Crippen LogP contribution in [0.3, 0.4) is 0 Å². The van der Waals surface area contributed by atoms with Gasteiger partial charge >= 0.3 is 0 Å². The molecule has 1 aromatic carbocycles. The van der Waals surface area contributed by atoms with Gasteiger partial charge in [0.25, 0.3) is 11.1 Å². The van der Waals surface area contributed by atoms with Gasteiger partial charge in [-0.3, -0.25) is 0 Å². The zero-order valence-corrected chi connectivity index (χ0v) is 13.3. The van der Waals surface area contributed by atoms with Gasteiger partial charge in [-0.1, -0.05) is 47.3 Å². The van der Waals surface area contributed by atoms with Crippen LogP contribution >= 0.6 is 11.8 Å². The molecule has 0 amide bonds. The molecule has 120 valence electrons. The predicted molar refractivity (Wildman–Crippen MR) is 85.1 cm³/mol. The zero-order valence-electron chi connectivity index (χ0n) is 12.5. The van der Waals surface area contributed by atoms with Crippen molar-refractivity contribution in [3.05, 3.63) is 66.0 Å². The summed E-state index contributed by atoms with van der Waals surface area (Å²) in [5.74, 6) is 2.48. The van der Waals surface area contributed by atoms with Crippen molar-refractivity contribution >= 4 is 11.8 Å². The van der Waals surface area contributed by atoms with E-state index in [1.807, 2.05) is 30.3 Å². The van der Waals surface area contributed by atoms with Crippen molar-refractivity contribution < 1.29 is 13.4 Å². The fourth-order valence-corrected chi connectivity index (χ4v) is 2.70. The van der Waals surface area contributed by atoms with Gasteiger partial charge in [-0.15, -0.1) is 10.2 Å². The average molecular weight is 340 g/mol. The summed E-state index contributed by atoms with van der Waals surface area (Å²) in [7, 11) is 0. The van der Waals surface area contributed by atoms with E-state index in [0.29, 0.717) is 40.8 Å². The largest absolute Gasteiger partial charge is 0.459 e. The fraction of sp³-hybridized carbons (Fsp3) is 0.125. The Bertz CT molecular complexity index is 902. The molecule has 8 heteroatoms. The van der Waals surface area contributed by atoms with Crippen LogP contribution in [-0.2, 0) is 12.2 Å². The monoisotopic (exact) mass is 340 g/mol. The van der Waals surface area contributed by atoms with Crippen LogP contribution in [0.15, 0.2) is 67.3 Å². The summed E-state index contributed by atoms with van der Waals surface area (Å²) in [6.45, 7) is 0. The smallest absolute Gasteiger partial charge is 0.293 e. The standard InChI is InChI=1S/C16H12N4O3S/c1-2-5-11(6-3-1)9-14-18-19-16(22-14)24-10-13-17-15(23-20-13)12-7-4-8-21-12/h1-8H,9-10H2. The van der Waals surface area contributed by atoms with Crippen molar-refractivity contribution in [1.29, 1.82) is 0 Å². The van der Waals surface area contributed by atoms with Gasteiger partial charge in [-0.25, -0.2) is 0 Å². The summed E-state index contributed by atoms with van der Waals surface area (Å²) >= 11 is 1.36. The van der Waals surface area contributed by atoms with Gasteiger partial charge in [0.05, 0.1) is 18.4 Å². The summed E-state index contributed by atoms with van der Waals surface area (Å²) < 4.78 is 16.0. The molecule has 0 saturated carbocycles. The maximum atomic E-state index is 5.62. The Kier molecular flexibility index (Phi) is 4.11. The minimum atomic E-state index is 0.353. The van der Waals surface area contributed by atoms with E-state index >= 15 is 0 Å². The molecule has 0 atom stereocenters. The van der Waals surface area contributed by atoms with Crippen molar-refractivity contribution in [2.24, 2.45) is 0 Å².